The summed E-state index contributed by atoms with van der Waals surface area (Å²) < 4.78 is 7.16. The molecule has 0 atom stereocenters. The SMILES string of the molecule is COc1cccc(-c2nn(Cc3ccccc3)cc2C(=O)NCC2CNC2)c1.Cl. The summed E-state index contributed by atoms with van der Waals surface area (Å²) in [5.41, 5.74) is 3.24. The molecule has 0 unspecified atom stereocenters. The van der Waals surface area contributed by atoms with E-state index in [9.17, 15) is 4.79 Å². The average Bonchev–Trinajstić information content (AvgIpc) is 3.11. The Morgan fingerprint density at radius 2 is 2.00 bits per heavy atom. The second-order valence-corrected chi connectivity index (χ2v) is 7.04. The van der Waals surface area contributed by atoms with Crippen LogP contribution in [0.15, 0.2) is 60.8 Å². The van der Waals surface area contributed by atoms with Crippen molar-refractivity contribution in [3.63, 3.8) is 0 Å². The number of benzene rings is 2. The van der Waals surface area contributed by atoms with Gasteiger partial charge in [0.25, 0.3) is 5.91 Å². The lowest BCUT2D eigenvalue weighted by atomic mass is 10.0. The fraction of sp³-hybridized carbons (Fsp3) is 0.273. The number of hydrogen-bond acceptors (Lipinski definition) is 4. The molecule has 3 aromatic rings. The normalized spacial score (nSPS) is 13.3. The van der Waals surface area contributed by atoms with Gasteiger partial charge < -0.3 is 15.4 Å². The van der Waals surface area contributed by atoms with Crippen molar-refractivity contribution in [3.05, 3.63) is 71.9 Å². The second kappa shape index (κ2) is 9.58. The summed E-state index contributed by atoms with van der Waals surface area (Å²) in [6.07, 6.45) is 1.83. The Hall–Kier alpha value is -2.83. The Morgan fingerprint density at radius 3 is 2.69 bits per heavy atom. The number of hydrogen-bond donors (Lipinski definition) is 2. The van der Waals surface area contributed by atoms with Gasteiger partial charge in [-0.3, -0.25) is 9.48 Å². The maximum Gasteiger partial charge on any atom is 0.255 e. The molecule has 4 rings (SSSR count). The molecule has 2 heterocycles. The Kier molecular flexibility index (Phi) is 6.90. The summed E-state index contributed by atoms with van der Waals surface area (Å²) in [4.78, 5) is 12.9. The molecular weight excluding hydrogens is 388 g/mol. The highest BCUT2D eigenvalue weighted by atomic mass is 35.5. The summed E-state index contributed by atoms with van der Waals surface area (Å²) in [5, 5.41) is 11.0. The summed E-state index contributed by atoms with van der Waals surface area (Å²) in [6.45, 7) is 3.19. The van der Waals surface area contributed by atoms with E-state index in [-0.39, 0.29) is 18.3 Å². The van der Waals surface area contributed by atoms with Crippen LogP contribution in [-0.4, -0.2) is 42.4 Å². The Balaban J connectivity index is 0.00000240. The van der Waals surface area contributed by atoms with Crippen molar-refractivity contribution < 1.29 is 9.53 Å². The number of nitrogens with one attached hydrogen (secondary N) is 2. The van der Waals surface area contributed by atoms with Crippen molar-refractivity contribution in [1.29, 1.82) is 0 Å². The van der Waals surface area contributed by atoms with Gasteiger partial charge in [0, 0.05) is 37.3 Å². The maximum absolute atomic E-state index is 12.9. The fourth-order valence-corrected chi connectivity index (χ4v) is 3.25. The zero-order valence-corrected chi connectivity index (χ0v) is 17.1. The van der Waals surface area contributed by atoms with Gasteiger partial charge in [-0.25, -0.2) is 0 Å². The van der Waals surface area contributed by atoms with Crippen LogP contribution in [0.1, 0.15) is 15.9 Å². The summed E-state index contributed by atoms with van der Waals surface area (Å²) in [5.74, 6) is 1.15. The molecule has 6 nitrogen and oxygen atoms in total. The Labute approximate surface area is 176 Å². The Morgan fingerprint density at radius 1 is 1.21 bits per heavy atom. The van der Waals surface area contributed by atoms with E-state index in [1.165, 1.54) is 0 Å². The molecule has 2 aromatic carbocycles. The number of aromatic nitrogens is 2. The van der Waals surface area contributed by atoms with Crippen molar-refractivity contribution in [2.24, 2.45) is 5.92 Å². The minimum atomic E-state index is -0.0935. The smallest absolute Gasteiger partial charge is 0.255 e. The molecule has 0 radical (unpaired) electrons. The van der Waals surface area contributed by atoms with E-state index in [1.807, 2.05) is 53.3 Å². The van der Waals surface area contributed by atoms with E-state index in [2.05, 4.69) is 22.8 Å². The summed E-state index contributed by atoms with van der Waals surface area (Å²) >= 11 is 0. The topological polar surface area (TPSA) is 68.2 Å². The second-order valence-electron chi connectivity index (χ2n) is 7.04. The Bertz CT molecular complexity index is 954. The van der Waals surface area contributed by atoms with Gasteiger partial charge in [0.05, 0.1) is 19.2 Å². The molecule has 0 bridgehead atoms. The van der Waals surface area contributed by atoms with E-state index < -0.39 is 0 Å². The van der Waals surface area contributed by atoms with Crippen LogP contribution in [-0.2, 0) is 6.54 Å². The highest BCUT2D eigenvalue weighted by Crippen LogP contribution is 2.26. The lowest BCUT2D eigenvalue weighted by molar-refractivity contribution is 0.0942. The molecule has 2 N–H and O–H groups in total. The predicted octanol–water partition coefficient (Wildman–Crippen LogP) is 2.98. The average molecular weight is 413 g/mol. The molecule has 0 spiro atoms. The van der Waals surface area contributed by atoms with E-state index in [0.717, 1.165) is 30.0 Å². The van der Waals surface area contributed by atoms with Crippen LogP contribution in [0.2, 0.25) is 0 Å². The molecule has 152 valence electrons. The first-order valence-electron chi connectivity index (χ1n) is 9.47. The predicted molar refractivity (Wildman–Crippen MR) is 116 cm³/mol. The number of carbonyl (C=O) groups is 1. The van der Waals surface area contributed by atoms with Gasteiger partial charge in [-0.1, -0.05) is 42.5 Å². The van der Waals surface area contributed by atoms with Gasteiger partial charge in [0.15, 0.2) is 0 Å². The lowest BCUT2D eigenvalue weighted by Crippen LogP contribution is -2.48. The molecule has 1 aliphatic rings. The van der Waals surface area contributed by atoms with Crippen molar-refractivity contribution in [2.45, 2.75) is 6.54 Å². The van der Waals surface area contributed by atoms with Crippen LogP contribution >= 0.6 is 12.4 Å². The minimum Gasteiger partial charge on any atom is -0.497 e. The zero-order chi connectivity index (χ0) is 19.3. The first kappa shape index (κ1) is 20.9. The number of carbonyl (C=O) groups excluding carboxylic acids is 1. The molecule has 1 saturated heterocycles. The molecule has 7 heteroatoms. The third kappa shape index (κ3) is 4.96. The van der Waals surface area contributed by atoms with Crippen LogP contribution < -0.4 is 15.4 Å². The molecular formula is C22H25ClN4O2. The standard InChI is InChI=1S/C22H24N4O2.ClH/c1-28-19-9-5-8-18(10-19)21-20(22(27)24-13-17-11-23-12-17)15-26(25-21)14-16-6-3-2-4-7-16;/h2-10,15,17,23H,11-14H2,1H3,(H,24,27);1H. The number of amides is 1. The third-order valence-corrected chi connectivity index (χ3v) is 4.95. The number of nitrogens with zero attached hydrogens (tertiary/aromatic N) is 2. The van der Waals surface area contributed by atoms with E-state index in [1.54, 1.807) is 7.11 Å². The first-order chi connectivity index (χ1) is 13.7. The largest absolute Gasteiger partial charge is 0.497 e. The molecule has 1 aliphatic heterocycles. The summed E-state index contributed by atoms with van der Waals surface area (Å²) in [6, 6.07) is 17.7. The molecule has 29 heavy (non-hydrogen) atoms. The van der Waals surface area contributed by atoms with Crippen molar-refractivity contribution in [2.75, 3.05) is 26.7 Å². The van der Waals surface area contributed by atoms with Crippen molar-refractivity contribution in [3.8, 4) is 17.0 Å². The highest BCUT2D eigenvalue weighted by Gasteiger charge is 2.21. The highest BCUT2D eigenvalue weighted by molar-refractivity contribution is 5.99. The van der Waals surface area contributed by atoms with Crippen LogP contribution in [0.5, 0.6) is 5.75 Å². The quantitative estimate of drug-likeness (QED) is 0.626. The summed E-state index contributed by atoms with van der Waals surface area (Å²) in [7, 11) is 1.63. The number of halogens is 1. The monoisotopic (exact) mass is 412 g/mol. The lowest BCUT2D eigenvalue weighted by Gasteiger charge is -2.27. The fourth-order valence-electron chi connectivity index (χ4n) is 3.25. The maximum atomic E-state index is 12.9. The van der Waals surface area contributed by atoms with Crippen molar-refractivity contribution >= 4 is 18.3 Å². The van der Waals surface area contributed by atoms with Crippen LogP contribution in [0.3, 0.4) is 0 Å². The molecule has 0 saturated carbocycles. The van der Waals surface area contributed by atoms with Crippen LogP contribution in [0, 0.1) is 5.92 Å². The number of ether oxygens (including phenoxy) is 1. The van der Waals surface area contributed by atoms with Gasteiger partial charge in [-0.15, -0.1) is 12.4 Å². The molecule has 1 amide bonds. The van der Waals surface area contributed by atoms with E-state index >= 15 is 0 Å². The van der Waals surface area contributed by atoms with Gasteiger partial charge >= 0.3 is 0 Å². The molecule has 1 aromatic heterocycles. The number of methoxy groups -OCH3 is 1. The van der Waals surface area contributed by atoms with Gasteiger partial charge in [0.1, 0.15) is 11.4 Å². The minimum absolute atomic E-state index is 0. The van der Waals surface area contributed by atoms with E-state index in [4.69, 9.17) is 9.84 Å². The van der Waals surface area contributed by atoms with Crippen molar-refractivity contribution in [1.82, 2.24) is 20.4 Å². The third-order valence-electron chi connectivity index (χ3n) is 4.95. The van der Waals surface area contributed by atoms with E-state index in [0.29, 0.717) is 30.3 Å². The molecule has 0 aliphatic carbocycles. The zero-order valence-electron chi connectivity index (χ0n) is 16.3. The van der Waals surface area contributed by atoms with Gasteiger partial charge in [-0.2, -0.15) is 5.10 Å². The first-order valence-corrected chi connectivity index (χ1v) is 9.47. The van der Waals surface area contributed by atoms with Gasteiger partial charge in [0.2, 0.25) is 0 Å². The van der Waals surface area contributed by atoms with Crippen LogP contribution in [0.25, 0.3) is 11.3 Å². The van der Waals surface area contributed by atoms with Crippen LogP contribution in [0.4, 0.5) is 0 Å². The molecule has 1 fully saturated rings. The number of rotatable bonds is 7. The van der Waals surface area contributed by atoms with Gasteiger partial charge in [-0.05, 0) is 17.7 Å².